The van der Waals surface area contributed by atoms with Crippen LogP contribution in [0, 0.1) is 11.8 Å². The summed E-state index contributed by atoms with van der Waals surface area (Å²) in [5.74, 6) is -1.15. The lowest BCUT2D eigenvalue weighted by atomic mass is 9.97. The molecule has 0 radical (unpaired) electrons. The zero-order valence-corrected chi connectivity index (χ0v) is 24.4. The quantitative estimate of drug-likeness (QED) is 0.203. The third kappa shape index (κ3) is 14.7. The Balaban J connectivity index is 5.17. The number of carbonyl (C=O) groups excluding carboxylic acids is 3. The first-order valence-electron chi connectivity index (χ1n) is 14.0. The van der Waals surface area contributed by atoms with E-state index in [0.717, 1.165) is 19.3 Å². The second-order valence-electron chi connectivity index (χ2n) is 11.6. The average molecular weight is 514 g/mol. The number of aliphatic hydroxyl groups is 1. The number of amides is 3. The van der Waals surface area contributed by atoms with Crippen molar-refractivity contribution in [1.29, 1.82) is 0 Å². The molecule has 0 aliphatic heterocycles. The molecule has 212 valence electrons. The molecule has 0 aliphatic rings. The summed E-state index contributed by atoms with van der Waals surface area (Å²) < 4.78 is 5.30. The van der Waals surface area contributed by atoms with Gasteiger partial charge in [0.05, 0.1) is 12.1 Å². The predicted molar refractivity (Wildman–Crippen MR) is 146 cm³/mol. The van der Waals surface area contributed by atoms with Gasteiger partial charge in [-0.1, -0.05) is 86.5 Å². The van der Waals surface area contributed by atoms with Crippen LogP contribution in [0.25, 0.3) is 0 Å². The molecule has 8 heteroatoms. The first-order valence-corrected chi connectivity index (χ1v) is 14.0. The number of aliphatic hydroxyl groups excluding tert-OH is 1. The second-order valence-corrected chi connectivity index (χ2v) is 11.6. The lowest BCUT2D eigenvalue weighted by Crippen LogP contribution is -2.59. The molecular weight excluding hydrogens is 458 g/mol. The molecule has 0 spiro atoms. The van der Waals surface area contributed by atoms with Crippen LogP contribution in [0.15, 0.2) is 0 Å². The third-order valence-electron chi connectivity index (χ3n) is 6.11. The minimum absolute atomic E-state index is 0.179. The largest absolute Gasteiger partial charge is 0.444 e. The molecule has 8 nitrogen and oxygen atoms in total. The van der Waals surface area contributed by atoms with Crippen molar-refractivity contribution in [3.8, 4) is 0 Å². The molecule has 0 fully saturated rings. The van der Waals surface area contributed by atoms with Crippen LogP contribution in [0.3, 0.4) is 0 Å². The van der Waals surface area contributed by atoms with Crippen molar-refractivity contribution < 1.29 is 24.2 Å². The molecule has 0 bridgehead atoms. The minimum atomic E-state index is -0.848. The highest BCUT2D eigenvalue weighted by atomic mass is 16.6. The second kappa shape index (κ2) is 17.6. The molecule has 36 heavy (non-hydrogen) atoms. The topological polar surface area (TPSA) is 117 Å². The van der Waals surface area contributed by atoms with Crippen LogP contribution < -0.4 is 16.0 Å². The van der Waals surface area contributed by atoms with Gasteiger partial charge >= 0.3 is 6.09 Å². The zero-order valence-electron chi connectivity index (χ0n) is 24.4. The number of ether oxygens (including phenoxy) is 1. The Hall–Kier alpha value is -1.83. The van der Waals surface area contributed by atoms with Gasteiger partial charge in [-0.25, -0.2) is 4.79 Å². The van der Waals surface area contributed by atoms with E-state index in [-0.39, 0.29) is 23.8 Å². The van der Waals surface area contributed by atoms with Crippen LogP contribution in [0.1, 0.15) is 120 Å². The fourth-order valence-corrected chi connectivity index (χ4v) is 4.03. The molecular formula is C28H55N3O5. The first-order chi connectivity index (χ1) is 16.7. The van der Waals surface area contributed by atoms with E-state index in [2.05, 4.69) is 22.9 Å². The highest BCUT2D eigenvalue weighted by Gasteiger charge is 2.33. The Morgan fingerprint density at radius 3 is 1.72 bits per heavy atom. The highest BCUT2D eigenvalue weighted by molar-refractivity contribution is 5.91. The highest BCUT2D eigenvalue weighted by Crippen LogP contribution is 2.15. The van der Waals surface area contributed by atoms with Gasteiger partial charge in [-0.3, -0.25) is 9.59 Å². The van der Waals surface area contributed by atoms with E-state index in [0.29, 0.717) is 12.8 Å². The molecule has 0 aliphatic carbocycles. The third-order valence-corrected chi connectivity index (χ3v) is 6.11. The molecule has 0 unspecified atom stereocenters. The maximum absolute atomic E-state index is 13.2. The molecule has 0 rings (SSSR count). The van der Waals surface area contributed by atoms with Crippen molar-refractivity contribution in [2.24, 2.45) is 11.8 Å². The Morgan fingerprint density at radius 1 is 0.722 bits per heavy atom. The monoisotopic (exact) mass is 513 g/mol. The van der Waals surface area contributed by atoms with Crippen molar-refractivity contribution in [3.05, 3.63) is 0 Å². The maximum atomic E-state index is 13.2. The number of hydrogen-bond donors (Lipinski definition) is 4. The Morgan fingerprint density at radius 2 is 1.22 bits per heavy atom. The van der Waals surface area contributed by atoms with Crippen molar-refractivity contribution in [2.45, 2.75) is 150 Å². The Bertz CT molecular complexity index is 646. The number of carbonyl (C=O) groups is 3. The van der Waals surface area contributed by atoms with Crippen molar-refractivity contribution >= 4 is 17.9 Å². The van der Waals surface area contributed by atoms with E-state index in [1.165, 1.54) is 25.7 Å². The molecule has 0 aromatic heterocycles. The van der Waals surface area contributed by atoms with Crippen LogP contribution in [0.2, 0.25) is 0 Å². The summed E-state index contributed by atoms with van der Waals surface area (Å²) in [6.07, 6.45) is 7.67. The summed E-state index contributed by atoms with van der Waals surface area (Å²) >= 11 is 0. The van der Waals surface area contributed by atoms with Gasteiger partial charge < -0.3 is 25.8 Å². The zero-order chi connectivity index (χ0) is 27.9. The lowest BCUT2D eigenvalue weighted by molar-refractivity contribution is -0.132. The SMILES string of the molecule is CCCCCCCC[C@H](O)[C@H](CCC)NC(=O)[C@@H](NC(=O)[C@@H](NC(=O)OC(C)(C)C)C(C)C)C(C)C. The summed E-state index contributed by atoms with van der Waals surface area (Å²) in [4.78, 5) is 38.6. The van der Waals surface area contributed by atoms with Crippen LogP contribution in [0.5, 0.6) is 0 Å². The van der Waals surface area contributed by atoms with Crippen molar-refractivity contribution in [3.63, 3.8) is 0 Å². The molecule has 0 saturated carbocycles. The van der Waals surface area contributed by atoms with Gasteiger partial charge in [-0.05, 0) is 45.4 Å². The van der Waals surface area contributed by atoms with Gasteiger partial charge in [0, 0.05) is 0 Å². The number of hydrogen-bond acceptors (Lipinski definition) is 5. The molecule has 4 atom stereocenters. The molecule has 0 heterocycles. The van der Waals surface area contributed by atoms with Crippen LogP contribution in [-0.2, 0) is 14.3 Å². The van der Waals surface area contributed by atoms with E-state index >= 15 is 0 Å². The van der Waals surface area contributed by atoms with E-state index in [4.69, 9.17) is 4.74 Å². The molecule has 0 aromatic carbocycles. The van der Waals surface area contributed by atoms with Gasteiger partial charge in [0.15, 0.2) is 0 Å². The van der Waals surface area contributed by atoms with Gasteiger partial charge in [-0.15, -0.1) is 0 Å². The summed E-state index contributed by atoms with van der Waals surface area (Å²) in [7, 11) is 0. The summed E-state index contributed by atoms with van der Waals surface area (Å²) in [6.45, 7) is 16.8. The van der Waals surface area contributed by atoms with E-state index in [9.17, 15) is 19.5 Å². The van der Waals surface area contributed by atoms with Gasteiger partial charge in [0.25, 0.3) is 0 Å². The van der Waals surface area contributed by atoms with Gasteiger partial charge in [0.2, 0.25) is 11.8 Å². The first kappa shape index (κ1) is 34.2. The van der Waals surface area contributed by atoms with E-state index in [1.54, 1.807) is 20.8 Å². The average Bonchev–Trinajstić information content (AvgIpc) is 2.75. The molecule has 0 aromatic rings. The number of unbranched alkanes of at least 4 members (excludes halogenated alkanes) is 5. The summed E-state index contributed by atoms with van der Waals surface area (Å²) in [5, 5.41) is 19.2. The summed E-state index contributed by atoms with van der Waals surface area (Å²) in [5.41, 5.74) is -0.687. The van der Waals surface area contributed by atoms with Crippen LogP contribution in [0.4, 0.5) is 4.79 Å². The maximum Gasteiger partial charge on any atom is 0.408 e. The van der Waals surface area contributed by atoms with Gasteiger partial charge in [0.1, 0.15) is 17.7 Å². The van der Waals surface area contributed by atoms with E-state index in [1.807, 2.05) is 34.6 Å². The lowest BCUT2D eigenvalue weighted by Gasteiger charge is -2.30. The number of alkyl carbamates (subject to hydrolysis) is 1. The summed E-state index contributed by atoms with van der Waals surface area (Å²) in [6, 6.07) is -2.00. The Kier molecular flexibility index (Phi) is 16.7. The smallest absolute Gasteiger partial charge is 0.408 e. The van der Waals surface area contributed by atoms with Crippen LogP contribution in [-0.4, -0.2) is 52.8 Å². The van der Waals surface area contributed by atoms with Gasteiger partial charge in [-0.2, -0.15) is 0 Å². The van der Waals surface area contributed by atoms with Crippen molar-refractivity contribution in [1.82, 2.24) is 16.0 Å². The predicted octanol–water partition coefficient (Wildman–Crippen LogP) is 5.07. The minimum Gasteiger partial charge on any atom is -0.444 e. The number of nitrogens with one attached hydrogen (secondary N) is 3. The fourth-order valence-electron chi connectivity index (χ4n) is 4.03. The fraction of sp³-hybridized carbons (Fsp3) is 0.893. The molecule has 3 amide bonds. The van der Waals surface area contributed by atoms with Crippen molar-refractivity contribution in [2.75, 3.05) is 0 Å². The molecule has 4 N–H and O–H groups in total. The van der Waals surface area contributed by atoms with Crippen LogP contribution >= 0.6 is 0 Å². The normalized spacial score (nSPS) is 15.2. The van der Waals surface area contributed by atoms with E-state index < -0.39 is 35.8 Å². The number of rotatable bonds is 17. The standard InChI is InChI=1S/C28H55N3O5/c1-10-12-13-14-15-16-18-22(32)21(17-11-2)29-25(33)23(19(3)4)30-26(34)24(20(5)6)31-27(35)36-28(7,8)9/h19-24,32H,10-18H2,1-9H3,(H,29,33)(H,30,34)(H,31,35)/t21-,22-,23-,24-/m0/s1. The Labute approximate surface area is 220 Å². The molecule has 0 saturated heterocycles.